The van der Waals surface area contributed by atoms with E-state index in [1.807, 2.05) is 0 Å². The number of hydrogen-bond donors (Lipinski definition) is 0. The lowest BCUT2D eigenvalue weighted by Gasteiger charge is -2.21. The maximum absolute atomic E-state index is 15.6. The molecule has 0 aliphatic carbocycles. The van der Waals surface area contributed by atoms with Crippen molar-refractivity contribution in [3.8, 4) is 0 Å². The Labute approximate surface area is 195 Å². The first-order valence-corrected chi connectivity index (χ1v) is 10.5. The highest BCUT2D eigenvalue weighted by atomic mass is 19.1. The zero-order chi connectivity index (χ0) is 24.1. The second-order valence-electron chi connectivity index (χ2n) is 7.46. The van der Waals surface area contributed by atoms with Crippen LogP contribution in [0.4, 0.5) is 4.39 Å². The minimum Gasteiger partial charge on any atom is -0.465 e. The van der Waals surface area contributed by atoms with E-state index in [1.165, 1.54) is 43.5 Å². The maximum atomic E-state index is 15.6. The molecule has 0 spiro atoms. The lowest BCUT2D eigenvalue weighted by atomic mass is 9.98. The van der Waals surface area contributed by atoms with Gasteiger partial charge in [-0.05, 0) is 35.9 Å². The first-order valence-electron chi connectivity index (χ1n) is 10.5. The first kappa shape index (κ1) is 23.1. The number of halogens is 1. The van der Waals surface area contributed by atoms with Crippen molar-refractivity contribution in [1.29, 1.82) is 0 Å². The van der Waals surface area contributed by atoms with E-state index in [1.54, 1.807) is 48.5 Å². The summed E-state index contributed by atoms with van der Waals surface area (Å²) in [5.41, 5.74) is 0.757. The van der Waals surface area contributed by atoms with E-state index in [9.17, 15) is 14.4 Å². The van der Waals surface area contributed by atoms with Gasteiger partial charge in [-0.25, -0.2) is 18.8 Å². The van der Waals surface area contributed by atoms with Gasteiger partial charge >= 0.3 is 17.9 Å². The fourth-order valence-corrected chi connectivity index (χ4v) is 3.64. The van der Waals surface area contributed by atoms with Gasteiger partial charge in [0.15, 0.2) is 6.10 Å². The SMILES string of the molecule is COC(=O)c1ccccc1[C@H]1O[C@H](OC(=O)c2ccccc2)[C@@H](F)[C@@H]1OC(=O)c1ccccc1. The lowest BCUT2D eigenvalue weighted by Crippen LogP contribution is -2.34. The van der Waals surface area contributed by atoms with Crippen LogP contribution in [0, 0.1) is 0 Å². The van der Waals surface area contributed by atoms with Crippen LogP contribution >= 0.6 is 0 Å². The second-order valence-corrected chi connectivity index (χ2v) is 7.46. The van der Waals surface area contributed by atoms with Crippen LogP contribution in [0.1, 0.15) is 42.7 Å². The van der Waals surface area contributed by atoms with E-state index in [-0.39, 0.29) is 22.3 Å². The van der Waals surface area contributed by atoms with Crippen LogP contribution in [0.3, 0.4) is 0 Å². The number of benzene rings is 3. The molecule has 1 saturated heterocycles. The fourth-order valence-electron chi connectivity index (χ4n) is 3.64. The van der Waals surface area contributed by atoms with Gasteiger partial charge < -0.3 is 18.9 Å². The second kappa shape index (κ2) is 10.3. The summed E-state index contributed by atoms with van der Waals surface area (Å²) in [6.45, 7) is 0. The summed E-state index contributed by atoms with van der Waals surface area (Å²) in [6.07, 6.45) is -6.41. The van der Waals surface area contributed by atoms with Crippen LogP contribution in [0.15, 0.2) is 84.9 Å². The number of carbonyl (C=O) groups excluding carboxylic acids is 3. The Morgan fingerprint density at radius 2 is 1.26 bits per heavy atom. The maximum Gasteiger partial charge on any atom is 0.340 e. The molecule has 0 unspecified atom stereocenters. The highest BCUT2D eigenvalue weighted by Crippen LogP contribution is 2.40. The molecule has 7 nitrogen and oxygen atoms in total. The molecular weight excluding hydrogens is 443 g/mol. The molecule has 0 bridgehead atoms. The highest BCUT2D eigenvalue weighted by molar-refractivity contribution is 5.92. The molecule has 4 atom stereocenters. The van der Waals surface area contributed by atoms with Gasteiger partial charge in [-0.3, -0.25) is 0 Å². The molecular formula is C26H21FO7. The molecule has 4 rings (SSSR count). The first-order chi connectivity index (χ1) is 16.5. The predicted octanol–water partition coefficient (Wildman–Crippen LogP) is 4.29. The molecule has 1 fully saturated rings. The van der Waals surface area contributed by atoms with Crippen molar-refractivity contribution in [2.45, 2.75) is 24.7 Å². The summed E-state index contributed by atoms with van der Waals surface area (Å²) in [5, 5.41) is 0. The van der Waals surface area contributed by atoms with Gasteiger partial charge in [0.05, 0.1) is 23.8 Å². The minimum absolute atomic E-state index is 0.109. The molecule has 1 aliphatic heterocycles. The van der Waals surface area contributed by atoms with Gasteiger partial charge in [0.25, 0.3) is 0 Å². The standard InChI is InChI=1S/C26H21FO7/c1-31-25(30)19-15-9-8-14-18(19)21-22(32-23(28)16-10-4-2-5-11-16)20(27)26(33-21)34-24(29)17-12-6-3-7-13-17/h2-15,20-22,26H,1H3/t20-,21+,22-,26+/m0/s1. The van der Waals surface area contributed by atoms with Gasteiger partial charge in [0, 0.05) is 0 Å². The van der Waals surface area contributed by atoms with Crippen molar-refractivity contribution in [1.82, 2.24) is 0 Å². The smallest absolute Gasteiger partial charge is 0.340 e. The van der Waals surface area contributed by atoms with Crippen LogP contribution in [0.25, 0.3) is 0 Å². The van der Waals surface area contributed by atoms with Crippen molar-refractivity contribution in [3.05, 3.63) is 107 Å². The van der Waals surface area contributed by atoms with Gasteiger partial charge in [-0.15, -0.1) is 0 Å². The molecule has 0 saturated carbocycles. The summed E-state index contributed by atoms with van der Waals surface area (Å²) < 4.78 is 36.9. The topological polar surface area (TPSA) is 88.1 Å². The summed E-state index contributed by atoms with van der Waals surface area (Å²) >= 11 is 0. The molecule has 174 valence electrons. The van der Waals surface area contributed by atoms with E-state index >= 15 is 4.39 Å². The van der Waals surface area contributed by atoms with E-state index in [0.717, 1.165) is 0 Å². The molecule has 1 aliphatic rings. The summed E-state index contributed by atoms with van der Waals surface area (Å²) in [5.74, 6) is -2.26. The third-order valence-corrected chi connectivity index (χ3v) is 5.31. The van der Waals surface area contributed by atoms with E-state index in [0.29, 0.717) is 0 Å². The highest BCUT2D eigenvalue weighted by Gasteiger charge is 2.51. The van der Waals surface area contributed by atoms with Crippen molar-refractivity contribution in [2.24, 2.45) is 0 Å². The van der Waals surface area contributed by atoms with Crippen LogP contribution < -0.4 is 0 Å². The fraction of sp³-hybridized carbons (Fsp3) is 0.192. The van der Waals surface area contributed by atoms with Gasteiger partial charge in [0.2, 0.25) is 12.5 Å². The molecule has 0 amide bonds. The Hall–Kier alpha value is -4.04. The van der Waals surface area contributed by atoms with E-state index in [4.69, 9.17) is 18.9 Å². The zero-order valence-electron chi connectivity index (χ0n) is 18.1. The zero-order valence-corrected chi connectivity index (χ0v) is 18.1. The quantitative estimate of drug-likeness (QED) is 0.397. The average Bonchev–Trinajstić information content (AvgIpc) is 3.19. The molecule has 8 heteroatoms. The minimum atomic E-state index is -2.02. The molecule has 0 radical (unpaired) electrons. The lowest BCUT2D eigenvalue weighted by molar-refractivity contribution is -0.122. The molecule has 3 aromatic carbocycles. The number of rotatable bonds is 6. The Kier molecular flexibility index (Phi) is 6.98. The summed E-state index contributed by atoms with van der Waals surface area (Å²) in [7, 11) is 1.21. The van der Waals surface area contributed by atoms with Gasteiger partial charge in [-0.2, -0.15) is 0 Å². The number of carbonyl (C=O) groups is 3. The molecule has 34 heavy (non-hydrogen) atoms. The summed E-state index contributed by atoms with van der Waals surface area (Å²) in [6, 6.07) is 22.3. The van der Waals surface area contributed by atoms with E-state index in [2.05, 4.69) is 0 Å². The van der Waals surface area contributed by atoms with Crippen molar-refractivity contribution in [2.75, 3.05) is 7.11 Å². The van der Waals surface area contributed by atoms with Crippen molar-refractivity contribution in [3.63, 3.8) is 0 Å². The molecule has 0 aromatic heterocycles. The summed E-state index contributed by atoms with van der Waals surface area (Å²) in [4.78, 5) is 37.5. The van der Waals surface area contributed by atoms with Crippen LogP contribution in [0.2, 0.25) is 0 Å². The largest absolute Gasteiger partial charge is 0.465 e. The number of methoxy groups -OCH3 is 1. The van der Waals surface area contributed by atoms with Crippen molar-refractivity contribution >= 4 is 17.9 Å². The Bertz CT molecular complexity index is 1170. The monoisotopic (exact) mass is 464 g/mol. The predicted molar refractivity (Wildman–Crippen MR) is 118 cm³/mol. The normalized spacial score (nSPS) is 21.5. The molecule has 3 aromatic rings. The Morgan fingerprint density at radius 3 is 1.85 bits per heavy atom. The Balaban J connectivity index is 1.65. The van der Waals surface area contributed by atoms with Gasteiger partial charge in [-0.1, -0.05) is 54.6 Å². The number of ether oxygens (including phenoxy) is 4. The van der Waals surface area contributed by atoms with Crippen LogP contribution in [-0.2, 0) is 18.9 Å². The third kappa shape index (κ3) is 4.82. The molecule has 1 heterocycles. The van der Waals surface area contributed by atoms with Crippen LogP contribution in [-0.4, -0.2) is 43.6 Å². The van der Waals surface area contributed by atoms with Crippen LogP contribution in [0.5, 0.6) is 0 Å². The third-order valence-electron chi connectivity index (χ3n) is 5.31. The number of esters is 3. The molecule has 0 N–H and O–H groups in total. The Morgan fingerprint density at radius 1 is 0.735 bits per heavy atom. The van der Waals surface area contributed by atoms with E-state index < -0.39 is 42.6 Å². The average molecular weight is 464 g/mol. The van der Waals surface area contributed by atoms with Crippen molar-refractivity contribution < 1.29 is 37.7 Å². The number of hydrogen-bond acceptors (Lipinski definition) is 7. The van der Waals surface area contributed by atoms with Gasteiger partial charge in [0.1, 0.15) is 6.10 Å². The number of alkyl halides is 1.